The van der Waals surface area contributed by atoms with Crippen LogP contribution >= 0.6 is 0 Å². The van der Waals surface area contributed by atoms with E-state index in [1.54, 1.807) is 0 Å². The minimum absolute atomic E-state index is 0.817. The Labute approximate surface area is 118 Å². The smallest absolute Gasteiger partial charge is 0.0651 e. The van der Waals surface area contributed by atoms with E-state index in [1.165, 1.54) is 24.0 Å². The maximum absolute atomic E-state index is 4.05. The van der Waals surface area contributed by atoms with E-state index >= 15 is 0 Å². The quantitative estimate of drug-likeness (QED) is 0.745. The van der Waals surface area contributed by atoms with Crippen LogP contribution in [0.1, 0.15) is 29.9 Å². The van der Waals surface area contributed by atoms with Crippen LogP contribution in [0.2, 0.25) is 0 Å². The van der Waals surface area contributed by atoms with Crippen LogP contribution in [0.3, 0.4) is 0 Å². The molecule has 1 aliphatic carbocycles. The Morgan fingerprint density at radius 3 is 3.00 bits per heavy atom. The number of H-pyrrole nitrogens is 1. The second-order valence-corrected chi connectivity index (χ2v) is 5.54. The lowest BCUT2D eigenvalue weighted by atomic mass is 10.1. The second-order valence-electron chi connectivity index (χ2n) is 5.54. The average Bonchev–Trinajstić information content (AvgIpc) is 3.24. The fourth-order valence-corrected chi connectivity index (χ4v) is 2.63. The predicted molar refractivity (Wildman–Crippen MR) is 81.8 cm³/mol. The van der Waals surface area contributed by atoms with Crippen LogP contribution in [0.15, 0.2) is 48.7 Å². The molecule has 3 nitrogen and oxygen atoms in total. The molecular formula is C17H17N3. The summed E-state index contributed by atoms with van der Waals surface area (Å²) in [5.74, 6) is 0.817. The van der Waals surface area contributed by atoms with Gasteiger partial charge >= 0.3 is 0 Å². The summed E-state index contributed by atoms with van der Waals surface area (Å²) in [5.41, 5.74) is 5.05. The molecule has 4 rings (SSSR count). The van der Waals surface area contributed by atoms with Gasteiger partial charge in [-0.25, -0.2) is 0 Å². The number of nitrogens with one attached hydrogen (secondary N) is 2. The first-order valence-corrected chi connectivity index (χ1v) is 7.14. The first-order chi connectivity index (χ1) is 9.88. The maximum Gasteiger partial charge on any atom is 0.0651 e. The largest absolute Gasteiger partial charge is 0.381 e. The highest BCUT2D eigenvalue weighted by Gasteiger charge is 2.23. The van der Waals surface area contributed by atoms with Crippen molar-refractivity contribution in [1.29, 1.82) is 0 Å². The van der Waals surface area contributed by atoms with Crippen LogP contribution in [0.25, 0.3) is 10.9 Å². The van der Waals surface area contributed by atoms with Gasteiger partial charge in [0.1, 0.15) is 0 Å². The van der Waals surface area contributed by atoms with Crippen LogP contribution in [0.5, 0.6) is 0 Å². The molecule has 0 saturated heterocycles. The first-order valence-electron chi connectivity index (χ1n) is 7.14. The van der Waals surface area contributed by atoms with Crippen LogP contribution in [-0.2, 0) is 6.54 Å². The molecule has 0 spiro atoms. The monoisotopic (exact) mass is 263 g/mol. The van der Waals surface area contributed by atoms with Gasteiger partial charge in [0.05, 0.1) is 11.7 Å². The third-order valence-corrected chi connectivity index (χ3v) is 3.94. The van der Waals surface area contributed by atoms with Crippen LogP contribution in [0, 0.1) is 0 Å². The molecule has 0 amide bonds. The molecule has 0 atom stereocenters. The van der Waals surface area contributed by atoms with E-state index in [2.05, 4.69) is 58.0 Å². The molecule has 2 N–H and O–H groups in total. The SMILES string of the molecule is c1cc(CNc2ccc3[nH]ncc3c2)cc(C2CC2)c1. The molecule has 3 aromatic rings. The third-order valence-electron chi connectivity index (χ3n) is 3.94. The number of aromatic amines is 1. The minimum atomic E-state index is 0.817. The molecule has 1 fully saturated rings. The summed E-state index contributed by atoms with van der Waals surface area (Å²) in [6, 6.07) is 15.2. The summed E-state index contributed by atoms with van der Waals surface area (Å²) in [7, 11) is 0. The summed E-state index contributed by atoms with van der Waals surface area (Å²) in [4.78, 5) is 0. The number of aromatic nitrogens is 2. The van der Waals surface area contributed by atoms with E-state index in [1.807, 2.05) is 6.20 Å². The molecule has 3 heteroatoms. The molecule has 20 heavy (non-hydrogen) atoms. The Balaban J connectivity index is 1.50. The van der Waals surface area contributed by atoms with Gasteiger partial charge in [0, 0.05) is 17.6 Å². The predicted octanol–water partition coefficient (Wildman–Crippen LogP) is 4.05. The molecule has 0 aliphatic heterocycles. The normalized spacial score (nSPS) is 14.6. The second kappa shape index (κ2) is 4.67. The van der Waals surface area contributed by atoms with Crippen LogP contribution in [0.4, 0.5) is 5.69 Å². The average molecular weight is 263 g/mol. The minimum Gasteiger partial charge on any atom is -0.381 e. The topological polar surface area (TPSA) is 40.7 Å². The molecule has 0 radical (unpaired) electrons. The summed E-state index contributed by atoms with van der Waals surface area (Å²) in [6.07, 6.45) is 4.57. The number of nitrogens with zero attached hydrogens (tertiary/aromatic N) is 1. The maximum atomic E-state index is 4.05. The Kier molecular flexibility index (Phi) is 2.69. The van der Waals surface area contributed by atoms with E-state index in [0.29, 0.717) is 0 Å². The molecule has 1 aliphatic rings. The van der Waals surface area contributed by atoms with Crippen molar-refractivity contribution in [3.63, 3.8) is 0 Å². The number of hydrogen-bond donors (Lipinski definition) is 2. The molecule has 0 unspecified atom stereocenters. The summed E-state index contributed by atoms with van der Waals surface area (Å²) < 4.78 is 0. The van der Waals surface area contributed by atoms with Crippen molar-refractivity contribution in [2.45, 2.75) is 25.3 Å². The Morgan fingerprint density at radius 2 is 2.10 bits per heavy atom. The molecule has 100 valence electrons. The van der Waals surface area contributed by atoms with E-state index in [4.69, 9.17) is 0 Å². The fraction of sp³-hybridized carbons (Fsp3) is 0.235. The Morgan fingerprint density at radius 1 is 1.15 bits per heavy atom. The Hall–Kier alpha value is -2.29. The van der Waals surface area contributed by atoms with Crippen molar-refractivity contribution in [1.82, 2.24) is 10.2 Å². The van der Waals surface area contributed by atoms with Gasteiger partial charge in [-0.15, -0.1) is 0 Å². The number of fused-ring (bicyclic) bond motifs is 1. The van der Waals surface area contributed by atoms with Gasteiger partial charge in [0.25, 0.3) is 0 Å². The van der Waals surface area contributed by atoms with Crippen LogP contribution < -0.4 is 5.32 Å². The highest BCUT2D eigenvalue weighted by Crippen LogP contribution is 2.40. The molecule has 1 aromatic heterocycles. The number of benzene rings is 2. The molecule has 2 aromatic carbocycles. The van der Waals surface area contributed by atoms with Gasteiger partial charge in [0.2, 0.25) is 0 Å². The summed E-state index contributed by atoms with van der Waals surface area (Å²) >= 11 is 0. The van der Waals surface area contributed by atoms with Crippen molar-refractivity contribution in [3.05, 3.63) is 59.8 Å². The van der Waals surface area contributed by atoms with E-state index in [0.717, 1.165) is 29.1 Å². The van der Waals surface area contributed by atoms with Gasteiger partial charge in [-0.1, -0.05) is 24.3 Å². The van der Waals surface area contributed by atoms with E-state index in [9.17, 15) is 0 Å². The molecule has 1 heterocycles. The third kappa shape index (κ3) is 2.27. The summed E-state index contributed by atoms with van der Waals surface area (Å²) in [5, 5.41) is 11.6. The van der Waals surface area contributed by atoms with Crippen molar-refractivity contribution < 1.29 is 0 Å². The van der Waals surface area contributed by atoms with Gasteiger partial charge in [-0.3, -0.25) is 5.10 Å². The summed E-state index contributed by atoms with van der Waals surface area (Å²) in [6.45, 7) is 0.865. The molecular weight excluding hydrogens is 246 g/mol. The highest BCUT2D eigenvalue weighted by molar-refractivity contribution is 5.81. The van der Waals surface area contributed by atoms with E-state index < -0.39 is 0 Å². The van der Waals surface area contributed by atoms with Crippen molar-refractivity contribution >= 4 is 16.6 Å². The standard InChI is InChI=1S/C17H17N3/c1-2-12(8-14(3-1)13-4-5-13)10-18-16-6-7-17-15(9-16)11-19-20-17/h1-3,6-9,11,13,18H,4-5,10H2,(H,19,20). The highest BCUT2D eigenvalue weighted by atomic mass is 15.1. The molecule has 1 saturated carbocycles. The van der Waals surface area contributed by atoms with Crippen molar-refractivity contribution in [3.8, 4) is 0 Å². The lowest BCUT2D eigenvalue weighted by molar-refractivity contribution is 1.09. The van der Waals surface area contributed by atoms with Gasteiger partial charge in [0.15, 0.2) is 0 Å². The van der Waals surface area contributed by atoms with Crippen molar-refractivity contribution in [2.75, 3.05) is 5.32 Å². The fourth-order valence-electron chi connectivity index (χ4n) is 2.63. The van der Waals surface area contributed by atoms with Gasteiger partial charge in [-0.2, -0.15) is 5.10 Å². The first kappa shape index (κ1) is 11.5. The number of anilines is 1. The van der Waals surface area contributed by atoms with E-state index in [-0.39, 0.29) is 0 Å². The van der Waals surface area contributed by atoms with Crippen molar-refractivity contribution in [2.24, 2.45) is 0 Å². The lowest BCUT2D eigenvalue weighted by Gasteiger charge is -2.08. The number of rotatable bonds is 4. The zero-order valence-electron chi connectivity index (χ0n) is 11.3. The molecule has 0 bridgehead atoms. The van der Waals surface area contributed by atoms with Gasteiger partial charge in [-0.05, 0) is 48.1 Å². The number of hydrogen-bond acceptors (Lipinski definition) is 2. The lowest BCUT2D eigenvalue weighted by Crippen LogP contribution is -1.99. The zero-order chi connectivity index (χ0) is 13.4. The van der Waals surface area contributed by atoms with Crippen LogP contribution in [-0.4, -0.2) is 10.2 Å². The van der Waals surface area contributed by atoms with Gasteiger partial charge < -0.3 is 5.32 Å². The zero-order valence-corrected chi connectivity index (χ0v) is 11.3. The Bertz CT molecular complexity index is 741.